The third-order valence-corrected chi connectivity index (χ3v) is 6.19. The average molecular weight is 453 g/mol. The summed E-state index contributed by atoms with van der Waals surface area (Å²) in [6, 6.07) is -0.358. The van der Waals surface area contributed by atoms with Crippen LogP contribution in [0.3, 0.4) is 0 Å². The highest BCUT2D eigenvalue weighted by Gasteiger charge is 2.28. The SMILES string of the molecule is C[C@@H](N)C(=O)N1CCC(n2ncc3c(-c4cnc(N)nc4)nc(N4CCOCC4)nc32)CC1. The molecule has 5 heterocycles. The van der Waals surface area contributed by atoms with E-state index in [0.29, 0.717) is 32.3 Å². The molecule has 2 fully saturated rings. The van der Waals surface area contributed by atoms with Crippen molar-refractivity contribution < 1.29 is 9.53 Å². The minimum Gasteiger partial charge on any atom is -0.378 e. The van der Waals surface area contributed by atoms with Crippen LogP contribution >= 0.6 is 0 Å². The summed E-state index contributed by atoms with van der Waals surface area (Å²) in [6.45, 7) is 5.71. The van der Waals surface area contributed by atoms with Crippen molar-refractivity contribution in [3.63, 3.8) is 0 Å². The number of nitrogen functional groups attached to an aromatic ring is 1. The first-order valence-electron chi connectivity index (χ1n) is 11.2. The Balaban J connectivity index is 1.52. The number of amides is 1. The van der Waals surface area contributed by atoms with Gasteiger partial charge in [-0.25, -0.2) is 19.6 Å². The molecule has 0 spiro atoms. The van der Waals surface area contributed by atoms with Crippen molar-refractivity contribution in [3.05, 3.63) is 18.6 Å². The Morgan fingerprint density at radius 2 is 1.79 bits per heavy atom. The van der Waals surface area contributed by atoms with Crippen molar-refractivity contribution in [2.45, 2.75) is 31.8 Å². The number of carbonyl (C=O) groups is 1. The topological polar surface area (TPSA) is 154 Å². The third kappa shape index (κ3) is 4.18. The predicted molar refractivity (Wildman–Crippen MR) is 122 cm³/mol. The molecular weight excluding hydrogens is 424 g/mol. The van der Waals surface area contributed by atoms with Gasteiger partial charge in [0.25, 0.3) is 0 Å². The molecule has 1 amide bonds. The lowest BCUT2D eigenvalue weighted by atomic mass is 10.0. The largest absolute Gasteiger partial charge is 0.378 e. The van der Waals surface area contributed by atoms with Crippen molar-refractivity contribution in [1.29, 1.82) is 0 Å². The molecule has 2 saturated heterocycles. The van der Waals surface area contributed by atoms with E-state index in [1.165, 1.54) is 0 Å². The summed E-state index contributed by atoms with van der Waals surface area (Å²) in [5.74, 6) is 0.825. The van der Waals surface area contributed by atoms with Crippen molar-refractivity contribution in [3.8, 4) is 11.3 Å². The molecule has 1 atom stereocenters. The summed E-state index contributed by atoms with van der Waals surface area (Å²) in [7, 11) is 0. The van der Waals surface area contributed by atoms with Crippen LogP contribution in [0, 0.1) is 0 Å². The molecule has 2 aliphatic rings. The van der Waals surface area contributed by atoms with Gasteiger partial charge < -0.3 is 26.0 Å². The lowest BCUT2D eigenvalue weighted by Gasteiger charge is -2.33. The van der Waals surface area contributed by atoms with Crippen LogP contribution < -0.4 is 16.4 Å². The number of hydrogen-bond donors (Lipinski definition) is 2. The van der Waals surface area contributed by atoms with Gasteiger partial charge in [-0.1, -0.05) is 0 Å². The molecular formula is C21H28N10O2. The Hall–Kier alpha value is -3.38. The fourth-order valence-electron chi connectivity index (χ4n) is 4.39. The number of piperidine rings is 1. The van der Waals surface area contributed by atoms with E-state index in [1.807, 2.05) is 9.58 Å². The van der Waals surface area contributed by atoms with Crippen LogP contribution in [0.2, 0.25) is 0 Å². The van der Waals surface area contributed by atoms with Gasteiger partial charge in [-0.05, 0) is 19.8 Å². The summed E-state index contributed by atoms with van der Waals surface area (Å²) in [4.78, 5) is 34.3. The molecule has 3 aromatic heterocycles. The molecule has 3 aromatic rings. The number of fused-ring (bicyclic) bond motifs is 1. The van der Waals surface area contributed by atoms with Crippen LogP contribution in [-0.2, 0) is 9.53 Å². The Morgan fingerprint density at radius 1 is 1.09 bits per heavy atom. The Morgan fingerprint density at radius 3 is 2.45 bits per heavy atom. The maximum atomic E-state index is 12.3. The first kappa shape index (κ1) is 21.5. The van der Waals surface area contributed by atoms with E-state index in [-0.39, 0.29) is 17.9 Å². The van der Waals surface area contributed by atoms with Gasteiger partial charge in [0.2, 0.25) is 17.8 Å². The maximum absolute atomic E-state index is 12.3. The van der Waals surface area contributed by atoms with E-state index in [0.717, 1.165) is 48.2 Å². The standard InChI is InChI=1S/C21H28N10O2/c1-13(22)19(32)29-4-2-15(3-5-29)31-18-16(12-26-31)17(14-10-24-20(23)25-11-14)27-21(28-18)30-6-8-33-9-7-30/h10-13,15H,2-9,22H2,1H3,(H2,23,24,25)/t13-/m1/s1. The van der Waals surface area contributed by atoms with Crippen molar-refractivity contribution in [2.24, 2.45) is 5.73 Å². The number of carbonyl (C=O) groups excluding carboxylic acids is 1. The number of anilines is 2. The highest BCUT2D eigenvalue weighted by Crippen LogP contribution is 2.32. The van der Waals surface area contributed by atoms with Crippen LogP contribution in [0.1, 0.15) is 25.8 Å². The normalized spacial score (nSPS) is 18.6. The lowest BCUT2D eigenvalue weighted by molar-refractivity contribution is -0.133. The molecule has 0 aliphatic carbocycles. The second-order valence-corrected chi connectivity index (χ2v) is 8.47. The summed E-state index contributed by atoms with van der Waals surface area (Å²) in [5, 5.41) is 5.52. The average Bonchev–Trinajstić information content (AvgIpc) is 3.28. The van der Waals surface area contributed by atoms with Gasteiger partial charge in [-0.3, -0.25) is 4.79 Å². The van der Waals surface area contributed by atoms with Crippen LogP contribution in [-0.4, -0.2) is 86.0 Å². The summed E-state index contributed by atoms with van der Waals surface area (Å²) in [5.41, 5.74) is 13.7. The van der Waals surface area contributed by atoms with Crippen molar-refractivity contribution in [2.75, 3.05) is 50.0 Å². The molecule has 2 aliphatic heterocycles. The Labute approximate surface area is 190 Å². The smallest absolute Gasteiger partial charge is 0.239 e. The Kier molecular flexibility index (Phi) is 5.77. The number of ether oxygens (including phenoxy) is 1. The molecule has 33 heavy (non-hydrogen) atoms. The van der Waals surface area contributed by atoms with Gasteiger partial charge in [-0.2, -0.15) is 10.1 Å². The first-order valence-corrected chi connectivity index (χ1v) is 11.2. The summed E-state index contributed by atoms with van der Waals surface area (Å²) in [6.07, 6.45) is 6.70. The monoisotopic (exact) mass is 452 g/mol. The molecule has 174 valence electrons. The number of likely N-dealkylation sites (tertiary alicyclic amines) is 1. The number of nitrogens with zero attached hydrogens (tertiary/aromatic N) is 8. The number of aromatic nitrogens is 6. The first-order chi connectivity index (χ1) is 16.0. The van der Waals surface area contributed by atoms with Crippen LogP contribution in [0.15, 0.2) is 18.6 Å². The van der Waals surface area contributed by atoms with Gasteiger partial charge in [0.1, 0.15) is 0 Å². The molecule has 0 bridgehead atoms. The molecule has 5 rings (SSSR count). The summed E-state index contributed by atoms with van der Waals surface area (Å²) < 4.78 is 7.47. The van der Waals surface area contributed by atoms with E-state index >= 15 is 0 Å². The molecule has 0 unspecified atom stereocenters. The van der Waals surface area contributed by atoms with E-state index in [9.17, 15) is 4.79 Å². The van der Waals surface area contributed by atoms with E-state index in [1.54, 1.807) is 25.5 Å². The van der Waals surface area contributed by atoms with Crippen molar-refractivity contribution in [1.82, 2.24) is 34.6 Å². The van der Waals surface area contributed by atoms with Gasteiger partial charge >= 0.3 is 0 Å². The maximum Gasteiger partial charge on any atom is 0.239 e. The Bertz CT molecular complexity index is 1130. The van der Waals surface area contributed by atoms with E-state index in [4.69, 9.17) is 31.3 Å². The number of morpholine rings is 1. The second kappa shape index (κ2) is 8.87. The van der Waals surface area contributed by atoms with E-state index in [2.05, 4.69) is 14.9 Å². The molecule has 12 heteroatoms. The van der Waals surface area contributed by atoms with Gasteiger partial charge in [-0.15, -0.1) is 0 Å². The lowest BCUT2D eigenvalue weighted by Crippen LogP contribution is -2.46. The number of hydrogen-bond acceptors (Lipinski definition) is 10. The van der Waals surface area contributed by atoms with Gasteiger partial charge in [0.15, 0.2) is 5.65 Å². The van der Waals surface area contributed by atoms with Crippen LogP contribution in [0.25, 0.3) is 22.3 Å². The van der Waals surface area contributed by atoms with Gasteiger partial charge in [0, 0.05) is 44.1 Å². The van der Waals surface area contributed by atoms with Crippen LogP contribution in [0.4, 0.5) is 11.9 Å². The predicted octanol–water partition coefficient (Wildman–Crippen LogP) is 0.213. The zero-order valence-corrected chi connectivity index (χ0v) is 18.6. The second-order valence-electron chi connectivity index (χ2n) is 8.47. The third-order valence-electron chi connectivity index (χ3n) is 6.19. The number of rotatable bonds is 4. The van der Waals surface area contributed by atoms with Gasteiger partial charge in [0.05, 0.1) is 42.6 Å². The quantitative estimate of drug-likeness (QED) is 0.561. The summed E-state index contributed by atoms with van der Waals surface area (Å²) >= 11 is 0. The van der Waals surface area contributed by atoms with E-state index < -0.39 is 6.04 Å². The molecule has 0 saturated carbocycles. The number of nitrogens with two attached hydrogens (primary N) is 2. The zero-order chi connectivity index (χ0) is 22.9. The highest BCUT2D eigenvalue weighted by molar-refractivity contribution is 5.91. The molecule has 4 N–H and O–H groups in total. The van der Waals surface area contributed by atoms with Crippen LogP contribution in [0.5, 0.6) is 0 Å². The fraction of sp³-hybridized carbons (Fsp3) is 0.524. The molecule has 0 radical (unpaired) electrons. The molecule has 0 aromatic carbocycles. The highest BCUT2D eigenvalue weighted by atomic mass is 16.5. The van der Waals surface area contributed by atoms with Crippen molar-refractivity contribution >= 4 is 28.8 Å². The minimum atomic E-state index is -0.486. The minimum absolute atomic E-state index is 0.0126. The zero-order valence-electron chi connectivity index (χ0n) is 18.6. The molecule has 12 nitrogen and oxygen atoms in total. The fourth-order valence-corrected chi connectivity index (χ4v) is 4.39.